The van der Waals surface area contributed by atoms with Gasteiger partial charge in [0.05, 0.1) is 23.3 Å². The molecule has 4 nitrogen and oxygen atoms in total. The van der Waals surface area contributed by atoms with Crippen LogP contribution in [0.15, 0.2) is 50.8 Å². The Morgan fingerprint density at radius 3 is 2.79 bits per heavy atom. The fraction of sp³-hybridized carbons (Fsp3) is 0.333. The van der Waals surface area contributed by atoms with Crippen molar-refractivity contribution in [2.24, 2.45) is 0 Å². The molecule has 0 atom stereocenters. The van der Waals surface area contributed by atoms with Crippen LogP contribution in [0.4, 0.5) is 0 Å². The lowest BCUT2D eigenvalue weighted by molar-refractivity contribution is -0.0379. The van der Waals surface area contributed by atoms with Crippen molar-refractivity contribution in [2.45, 2.75) is 44.6 Å². The van der Waals surface area contributed by atoms with Gasteiger partial charge in [-0.25, -0.2) is 4.98 Å². The summed E-state index contributed by atoms with van der Waals surface area (Å²) in [4.78, 5) is 20.5. The first-order valence-corrected chi connectivity index (χ1v) is 11.6. The predicted molar refractivity (Wildman–Crippen MR) is 121 cm³/mol. The van der Waals surface area contributed by atoms with Crippen LogP contribution in [0.5, 0.6) is 0 Å². The average molecular weight is 477 g/mol. The van der Waals surface area contributed by atoms with E-state index in [4.69, 9.17) is 9.72 Å². The first-order valence-electron chi connectivity index (χ1n) is 8.99. The van der Waals surface area contributed by atoms with Crippen molar-refractivity contribution in [3.8, 4) is 5.69 Å². The van der Waals surface area contributed by atoms with Gasteiger partial charge in [0, 0.05) is 21.5 Å². The largest absolute Gasteiger partial charge is 0.370 e. The number of hydrogen-bond acceptors (Lipinski definition) is 5. The number of aromatic nitrogens is 2. The van der Waals surface area contributed by atoms with Gasteiger partial charge >= 0.3 is 0 Å². The number of rotatable bonds is 4. The Kier molecular flexibility index (Phi) is 5.29. The van der Waals surface area contributed by atoms with E-state index in [1.54, 1.807) is 27.7 Å². The number of halogens is 1. The molecule has 3 aromatic rings. The summed E-state index contributed by atoms with van der Waals surface area (Å²) >= 11 is 6.59. The lowest BCUT2D eigenvalue weighted by Gasteiger charge is -2.29. The highest BCUT2D eigenvalue weighted by molar-refractivity contribution is 9.10. The lowest BCUT2D eigenvalue weighted by atomic mass is 9.94. The summed E-state index contributed by atoms with van der Waals surface area (Å²) < 4.78 is 8.66. The van der Waals surface area contributed by atoms with Gasteiger partial charge in [-0.2, -0.15) is 0 Å². The third-order valence-electron chi connectivity index (χ3n) is 4.61. The molecule has 1 aliphatic heterocycles. The van der Waals surface area contributed by atoms with E-state index in [0.29, 0.717) is 11.8 Å². The lowest BCUT2D eigenvalue weighted by Crippen LogP contribution is -2.32. The van der Waals surface area contributed by atoms with E-state index in [0.717, 1.165) is 48.6 Å². The number of ether oxygens (including phenoxy) is 1. The van der Waals surface area contributed by atoms with Crippen molar-refractivity contribution in [1.29, 1.82) is 0 Å². The summed E-state index contributed by atoms with van der Waals surface area (Å²) in [6.07, 6.45) is 0.720. The molecule has 0 unspecified atom stereocenters. The number of hydrogen-bond donors (Lipinski definition) is 0. The second-order valence-electron chi connectivity index (χ2n) is 7.67. The minimum Gasteiger partial charge on any atom is -0.370 e. The first-order chi connectivity index (χ1) is 13.2. The van der Waals surface area contributed by atoms with Crippen LogP contribution < -0.4 is 5.56 Å². The SMILES string of the molecule is C=C(C)CSc1nc2sc3c(c2c(=O)n1-c1ccc(Br)cc1)CC(C)(C)OC3. The molecule has 0 bridgehead atoms. The number of thiophene rings is 1. The van der Waals surface area contributed by atoms with Crippen LogP contribution >= 0.6 is 39.0 Å². The molecule has 0 N–H and O–H groups in total. The van der Waals surface area contributed by atoms with E-state index in [2.05, 4.69) is 36.4 Å². The molecule has 0 spiro atoms. The molecular formula is C21H21BrN2O2S2. The molecule has 3 heterocycles. The van der Waals surface area contributed by atoms with Gasteiger partial charge in [-0.3, -0.25) is 9.36 Å². The van der Waals surface area contributed by atoms with Gasteiger partial charge in [-0.1, -0.05) is 39.8 Å². The highest BCUT2D eigenvalue weighted by Gasteiger charge is 2.31. The van der Waals surface area contributed by atoms with Gasteiger partial charge < -0.3 is 4.74 Å². The fourth-order valence-electron chi connectivity index (χ4n) is 3.28. The molecule has 4 rings (SSSR count). The monoisotopic (exact) mass is 476 g/mol. The Morgan fingerprint density at radius 1 is 1.39 bits per heavy atom. The predicted octanol–water partition coefficient (Wildman–Crippen LogP) is 5.73. The van der Waals surface area contributed by atoms with E-state index in [1.807, 2.05) is 31.2 Å². The second-order valence-corrected chi connectivity index (χ2v) is 10.6. The van der Waals surface area contributed by atoms with Crippen molar-refractivity contribution in [2.75, 3.05) is 5.75 Å². The maximum Gasteiger partial charge on any atom is 0.267 e. The number of fused-ring (bicyclic) bond motifs is 3. The number of thioether (sulfide) groups is 1. The number of nitrogens with zero attached hydrogens (tertiary/aromatic N) is 2. The Balaban J connectivity index is 1.97. The van der Waals surface area contributed by atoms with Crippen molar-refractivity contribution in [1.82, 2.24) is 9.55 Å². The van der Waals surface area contributed by atoms with Gasteiger partial charge in [0.2, 0.25) is 0 Å². The number of benzene rings is 1. The molecule has 0 radical (unpaired) electrons. The molecule has 1 aromatic carbocycles. The highest BCUT2D eigenvalue weighted by Crippen LogP contribution is 2.38. The van der Waals surface area contributed by atoms with Crippen molar-refractivity contribution in [3.05, 3.63) is 61.7 Å². The van der Waals surface area contributed by atoms with Gasteiger partial charge in [0.15, 0.2) is 5.16 Å². The molecular weight excluding hydrogens is 456 g/mol. The minimum absolute atomic E-state index is 0.00765. The van der Waals surface area contributed by atoms with E-state index >= 15 is 0 Å². The van der Waals surface area contributed by atoms with Crippen LogP contribution in [-0.4, -0.2) is 20.9 Å². The van der Waals surface area contributed by atoms with Crippen LogP contribution in [0.25, 0.3) is 15.9 Å². The Hall–Kier alpha value is -1.41. The minimum atomic E-state index is -0.275. The van der Waals surface area contributed by atoms with Gasteiger partial charge in [-0.15, -0.1) is 11.3 Å². The second kappa shape index (κ2) is 7.44. The standard InChI is InChI=1S/C21H21BrN2O2S2/c1-12(2)11-27-20-23-18-17(15-9-21(3,4)26-10-16(15)28-18)19(25)24(20)14-7-5-13(22)6-8-14/h5-8H,1,9-11H2,2-4H3. The van der Waals surface area contributed by atoms with E-state index in [9.17, 15) is 4.79 Å². The molecule has 0 fully saturated rings. The zero-order valence-electron chi connectivity index (χ0n) is 16.0. The third-order valence-corrected chi connectivity index (χ3v) is 7.40. The Bertz CT molecular complexity index is 1130. The molecule has 1 aliphatic rings. The fourth-order valence-corrected chi connectivity index (χ4v) is 5.54. The summed E-state index contributed by atoms with van der Waals surface area (Å²) in [5, 5.41) is 1.43. The van der Waals surface area contributed by atoms with E-state index in [1.165, 1.54) is 0 Å². The zero-order chi connectivity index (χ0) is 20.1. The molecule has 7 heteroatoms. The normalized spacial score (nSPS) is 15.6. The summed E-state index contributed by atoms with van der Waals surface area (Å²) in [6.45, 7) is 10.6. The van der Waals surface area contributed by atoms with E-state index in [-0.39, 0.29) is 11.2 Å². The first kappa shape index (κ1) is 19.9. The van der Waals surface area contributed by atoms with Gasteiger partial charge in [0.25, 0.3) is 5.56 Å². The molecule has 146 valence electrons. The summed E-state index contributed by atoms with van der Waals surface area (Å²) in [5.41, 5.74) is 2.67. The Morgan fingerprint density at radius 2 is 2.11 bits per heavy atom. The van der Waals surface area contributed by atoms with Gasteiger partial charge in [-0.05, 0) is 50.6 Å². The highest BCUT2D eigenvalue weighted by atomic mass is 79.9. The average Bonchev–Trinajstić information content (AvgIpc) is 2.97. The molecule has 0 amide bonds. The summed E-state index contributed by atoms with van der Waals surface area (Å²) in [6, 6.07) is 7.77. The van der Waals surface area contributed by atoms with Crippen LogP contribution in [0.3, 0.4) is 0 Å². The summed E-state index contributed by atoms with van der Waals surface area (Å²) in [5.74, 6) is 0.718. The smallest absolute Gasteiger partial charge is 0.267 e. The van der Waals surface area contributed by atoms with Gasteiger partial charge in [0.1, 0.15) is 4.83 Å². The van der Waals surface area contributed by atoms with Crippen LogP contribution in [0.2, 0.25) is 0 Å². The maximum absolute atomic E-state index is 13.7. The quantitative estimate of drug-likeness (QED) is 0.274. The summed E-state index contributed by atoms with van der Waals surface area (Å²) in [7, 11) is 0. The van der Waals surface area contributed by atoms with Crippen molar-refractivity contribution >= 4 is 49.2 Å². The van der Waals surface area contributed by atoms with Crippen LogP contribution in [0.1, 0.15) is 31.2 Å². The van der Waals surface area contributed by atoms with Crippen molar-refractivity contribution < 1.29 is 4.74 Å². The topological polar surface area (TPSA) is 44.1 Å². The Labute approximate surface area is 180 Å². The zero-order valence-corrected chi connectivity index (χ0v) is 19.3. The molecule has 28 heavy (non-hydrogen) atoms. The molecule has 0 saturated carbocycles. The van der Waals surface area contributed by atoms with Crippen LogP contribution in [-0.2, 0) is 17.8 Å². The molecule has 0 saturated heterocycles. The maximum atomic E-state index is 13.7. The van der Waals surface area contributed by atoms with Crippen LogP contribution in [0, 0.1) is 0 Å². The molecule has 0 aliphatic carbocycles. The van der Waals surface area contributed by atoms with E-state index < -0.39 is 0 Å². The third kappa shape index (κ3) is 3.73. The van der Waals surface area contributed by atoms with Crippen molar-refractivity contribution in [3.63, 3.8) is 0 Å². The molecule has 2 aromatic heterocycles.